The van der Waals surface area contributed by atoms with Gasteiger partial charge in [0.25, 0.3) is 0 Å². The lowest BCUT2D eigenvalue weighted by Gasteiger charge is -2.38. The van der Waals surface area contributed by atoms with Gasteiger partial charge in [0.15, 0.2) is 5.78 Å². The van der Waals surface area contributed by atoms with Crippen molar-refractivity contribution >= 4 is 29.1 Å². The van der Waals surface area contributed by atoms with Crippen molar-refractivity contribution in [2.24, 2.45) is 0 Å². The Balaban J connectivity index is 1.48. The standard InChI is InChI=1S/C22H24FN5O2/c1-13(29)17-7-6-15(10-18(17)23)26-21-25-12-14-11-22(8-9-24-20(22)30)28(19(14)27-21)16-4-2-3-5-16/h6-7,10,12,16H,2-5,8-9,11H2,1H3,(H,24,30)(H,25,26,27). The number of carbonyl (C=O) groups excluding carboxylic acids is 2. The number of nitrogens with zero attached hydrogens (tertiary/aromatic N) is 3. The van der Waals surface area contributed by atoms with E-state index in [0.29, 0.717) is 30.6 Å². The number of fused-ring (bicyclic) bond motifs is 1. The maximum atomic E-state index is 14.2. The summed E-state index contributed by atoms with van der Waals surface area (Å²) in [6, 6.07) is 4.66. The number of hydrogen-bond acceptors (Lipinski definition) is 6. The molecule has 30 heavy (non-hydrogen) atoms. The van der Waals surface area contributed by atoms with Crippen molar-refractivity contribution < 1.29 is 14.0 Å². The molecule has 0 radical (unpaired) electrons. The summed E-state index contributed by atoms with van der Waals surface area (Å²) in [4.78, 5) is 35.7. The number of Topliss-reactive ketones (excluding diaryl/α,β-unsaturated/α-hetero) is 1. The fourth-order valence-corrected chi connectivity index (χ4v) is 5.15. The third-order valence-electron chi connectivity index (χ3n) is 6.56. The summed E-state index contributed by atoms with van der Waals surface area (Å²) in [5, 5.41) is 6.04. The molecule has 1 unspecified atom stereocenters. The van der Waals surface area contributed by atoms with E-state index in [-0.39, 0.29) is 17.3 Å². The quantitative estimate of drug-likeness (QED) is 0.755. The fraction of sp³-hybridized carbons (Fsp3) is 0.455. The minimum absolute atomic E-state index is 0.0528. The maximum absolute atomic E-state index is 14.2. The highest BCUT2D eigenvalue weighted by molar-refractivity contribution is 5.95. The van der Waals surface area contributed by atoms with E-state index in [1.54, 1.807) is 12.3 Å². The minimum atomic E-state index is -0.581. The van der Waals surface area contributed by atoms with Crippen molar-refractivity contribution in [1.82, 2.24) is 15.3 Å². The second kappa shape index (κ2) is 7.04. The second-order valence-corrected chi connectivity index (χ2v) is 8.44. The van der Waals surface area contributed by atoms with Gasteiger partial charge in [-0.25, -0.2) is 9.37 Å². The number of ketones is 1. The lowest BCUT2D eigenvalue weighted by atomic mass is 9.91. The summed E-state index contributed by atoms with van der Waals surface area (Å²) in [6.07, 6.45) is 7.58. The molecule has 1 aromatic carbocycles. The molecular formula is C22H24FN5O2. The molecule has 3 aliphatic rings. The first-order valence-electron chi connectivity index (χ1n) is 10.5. The number of anilines is 3. The van der Waals surface area contributed by atoms with Crippen LogP contribution in [-0.4, -0.2) is 39.8 Å². The van der Waals surface area contributed by atoms with Crippen LogP contribution >= 0.6 is 0 Å². The molecule has 1 saturated heterocycles. The molecule has 1 atom stereocenters. The summed E-state index contributed by atoms with van der Waals surface area (Å²) < 4.78 is 14.2. The largest absolute Gasteiger partial charge is 0.354 e. The molecular weight excluding hydrogens is 385 g/mol. The van der Waals surface area contributed by atoms with Gasteiger partial charge in [0.05, 0.1) is 5.56 Å². The molecule has 0 bridgehead atoms. The first-order chi connectivity index (χ1) is 14.5. The molecule has 2 fully saturated rings. The van der Waals surface area contributed by atoms with E-state index in [0.717, 1.165) is 43.5 Å². The van der Waals surface area contributed by atoms with Crippen LogP contribution in [0.2, 0.25) is 0 Å². The Morgan fingerprint density at radius 1 is 1.33 bits per heavy atom. The van der Waals surface area contributed by atoms with E-state index >= 15 is 0 Å². The Morgan fingerprint density at radius 2 is 2.13 bits per heavy atom. The number of benzene rings is 1. The van der Waals surface area contributed by atoms with Crippen LogP contribution in [0.5, 0.6) is 0 Å². The first-order valence-corrected chi connectivity index (χ1v) is 10.5. The highest BCUT2D eigenvalue weighted by atomic mass is 19.1. The molecule has 1 saturated carbocycles. The summed E-state index contributed by atoms with van der Waals surface area (Å²) in [5.74, 6) is 0.325. The normalized spacial score (nSPS) is 23.1. The van der Waals surface area contributed by atoms with Crippen LogP contribution in [0.3, 0.4) is 0 Å². The van der Waals surface area contributed by atoms with E-state index in [1.165, 1.54) is 19.1 Å². The number of aromatic nitrogens is 2. The molecule has 1 amide bonds. The third-order valence-corrected chi connectivity index (χ3v) is 6.56. The lowest BCUT2D eigenvalue weighted by Crippen LogP contribution is -2.56. The van der Waals surface area contributed by atoms with E-state index in [4.69, 9.17) is 4.98 Å². The van der Waals surface area contributed by atoms with Crippen molar-refractivity contribution in [1.29, 1.82) is 0 Å². The summed E-state index contributed by atoms with van der Waals surface area (Å²) in [5.41, 5.74) is 0.927. The van der Waals surface area contributed by atoms with Gasteiger partial charge >= 0.3 is 0 Å². The zero-order valence-corrected chi connectivity index (χ0v) is 16.9. The predicted molar refractivity (Wildman–Crippen MR) is 111 cm³/mol. The third kappa shape index (κ3) is 2.93. The molecule has 7 nitrogen and oxygen atoms in total. The number of rotatable bonds is 4. The van der Waals surface area contributed by atoms with Gasteiger partial charge in [0.1, 0.15) is 17.2 Å². The average molecular weight is 409 g/mol. The Morgan fingerprint density at radius 3 is 2.80 bits per heavy atom. The van der Waals surface area contributed by atoms with Gasteiger partial charge in [-0.2, -0.15) is 4.98 Å². The molecule has 2 aromatic rings. The maximum Gasteiger partial charge on any atom is 0.246 e. The highest BCUT2D eigenvalue weighted by Crippen LogP contribution is 2.46. The average Bonchev–Trinajstić information content (AvgIpc) is 3.41. The van der Waals surface area contributed by atoms with Crippen molar-refractivity contribution in [2.45, 2.75) is 57.0 Å². The Hall–Kier alpha value is -3.03. The smallest absolute Gasteiger partial charge is 0.246 e. The topological polar surface area (TPSA) is 87.2 Å². The van der Waals surface area contributed by atoms with Gasteiger partial charge in [-0.15, -0.1) is 0 Å². The number of carbonyl (C=O) groups is 2. The molecule has 3 heterocycles. The molecule has 1 aromatic heterocycles. The Kier molecular flexibility index (Phi) is 4.45. The SMILES string of the molecule is CC(=O)c1ccc(Nc2ncc3c(n2)N(C2CCCC2)C2(CCNC2=O)C3)cc1F. The number of nitrogens with one attached hydrogen (secondary N) is 2. The van der Waals surface area contributed by atoms with E-state index in [9.17, 15) is 14.0 Å². The van der Waals surface area contributed by atoms with Gasteiger partial charge in [-0.3, -0.25) is 9.59 Å². The van der Waals surface area contributed by atoms with Crippen LogP contribution in [-0.2, 0) is 11.2 Å². The fourth-order valence-electron chi connectivity index (χ4n) is 5.15. The van der Waals surface area contributed by atoms with Gasteiger partial charge in [0.2, 0.25) is 11.9 Å². The first kappa shape index (κ1) is 19.0. The monoisotopic (exact) mass is 409 g/mol. The van der Waals surface area contributed by atoms with Crippen LogP contribution in [0.4, 0.5) is 21.8 Å². The Bertz CT molecular complexity index is 1040. The van der Waals surface area contributed by atoms with Crippen molar-refractivity contribution in [3.8, 4) is 0 Å². The molecule has 1 spiro atoms. The molecule has 5 rings (SSSR count). The van der Waals surface area contributed by atoms with Gasteiger partial charge in [-0.1, -0.05) is 12.8 Å². The van der Waals surface area contributed by atoms with Crippen LogP contribution in [0.1, 0.15) is 54.9 Å². The van der Waals surface area contributed by atoms with Crippen molar-refractivity contribution in [3.63, 3.8) is 0 Å². The highest BCUT2D eigenvalue weighted by Gasteiger charge is 2.55. The lowest BCUT2D eigenvalue weighted by molar-refractivity contribution is -0.123. The van der Waals surface area contributed by atoms with E-state index in [2.05, 4.69) is 20.5 Å². The summed E-state index contributed by atoms with van der Waals surface area (Å²) >= 11 is 0. The molecule has 1 aliphatic carbocycles. The van der Waals surface area contributed by atoms with Crippen LogP contribution < -0.4 is 15.5 Å². The van der Waals surface area contributed by atoms with Crippen molar-refractivity contribution in [3.05, 3.63) is 41.3 Å². The van der Waals surface area contributed by atoms with Crippen molar-refractivity contribution in [2.75, 3.05) is 16.8 Å². The van der Waals surface area contributed by atoms with Gasteiger partial charge < -0.3 is 15.5 Å². The van der Waals surface area contributed by atoms with Crippen LogP contribution in [0.25, 0.3) is 0 Å². The van der Waals surface area contributed by atoms with Crippen LogP contribution in [0, 0.1) is 5.82 Å². The Labute approximate surface area is 174 Å². The molecule has 2 aliphatic heterocycles. The molecule has 2 N–H and O–H groups in total. The van der Waals surface area contributed by atoms with Gasteiger partial charge in [-0.05, 0) is 44.4 Å². The van der Waals surface area contributed by atoms with E-state index in [1.807, 2.05) is 0 Å². The van der Waals surface area contributed by atoms with Crippen LogP contribution in [0.15, 0.2) is 24.4 Å². The second-order valence-electron chi connectivity index (χ2n) is 8.44. The summed E-state index contributed by atoms with van der Waals surface area (Å²) in [6.45, 7) is 2.01. The summed E-state index contributed by atoms with van der Waals surface area (Å²) in [7, 11) is 0. The number of hydrogen-bond donors (Lipinski definition) is 2. The minimum Gasteiger partial charge on any atom is -0.354 e. The van der Waals surface area contributed by atoms with E-state index < -0.39 is 11.4 Å². The number of halogens is 1. The number of amides is 1. The molecule has 8 heteroatoms. The predicted octanol–water partition coefficient (Wildman–Crippen LogP) is 3.13. The van der Waals surface area contributed by atoms with Gasteiger partial charge in [0, 0.05) is 36.5 Å². The zero-order valence-electron chi connectivity index (χ0n) is 16.9. The zero-order chi connectivity index (χ0) is 20.9. The molecule has 156 valence electrons.